The van der Waals surface area contributed by atoms with Gasteiger partial charge in [-0.05, 0) is 74.4 Å². The van der Waals surface area contributed by atoms with Gasteiger partial charge in [-0.3, -0.25) is 9.69 Å². The number of benzene rings is 1. The lowest BCUT2D eigenvalue weighted by Gasteiger charge is -2.41. The van der Waals surface area contributed by atoms with E-state index in [9.17, 15) is 9.18 Å². The van der Waals surface area contributed by atoms with Gasteiger partial charge in [-0.25, -0.2) is 9.37 Å². The molecule has 7 heteroatoms. The molecule has 3 aromatic rings. The Hall–Kier alpha value is -3.24. The first-order valence-electron chi connectivity index (χ1n) is 11.2. The normalized spacial score (nSPS) is 20.6. The molecule has 2 atom stereocenters. The number of aromatic nitrogens is 2. The summed E-state index contributed by atoms with van der Waals surface area (Å²) in [6.07, 6.45) is 5.71. The Morgan fingerprint density at radius 3 is 2.69 bits per heavy atom. The molecule has 2 unspecified atom stereocenters. The van der Waals surface area contributed by atoms with E-state index in [-0.39, 0.29) is 10.9 Å². The summed E-state index contributed by atoms with van der Waals surface area (Å²) in [5.41, 5.74) is 2.02. The highest BCUT2D eigenvalue weighted by atomic mass is 19.1. The van der Waals surface area contributed by atoms with E-state index in [4.69, 9.17) is 5.26 Å². The summed E-state index contributed by atoms with van der Waals surface area (Å²) in [5.74, 6) is 0.474. The van der Waals surface area contributed by atoms with Crippen LogP contribution in [0.2, 0.25) is 0 Å². The number of aromatic amines is 1. The molecule has 2 aliphatic rings. The average molecular weight is 432 g/mol. The van der Waals surface area contributed by atoms with Gasteiger partial charge in [0.25, 0.3) is 5.56 Å². The molecule has 164 valence electrons. The highest BCUT2D eigenvalue weighted by Gasteiger charge is 2.39. The van der Waals surface area contributed by atoms with Crippen molar-refractivity contribution in [2.75, 3.05) is 24.5 Å². The minimum atomic E-state index is -0.468. The fraction of sp³-hybridized carbons (Fsp3) is 0.400. The lowest BCUT2D eigenvalue weighted by molar-refractivity contribution is 0.167. The minimum Gasteiger partial charge on any atom is -0.353 e. The third-order valence-corrected chi connectivity index (χ3v) is 6.93. The van der Waals surface area contributed by atoms with Crippen LogP contribution in [0.5, 0.6) is 0 Å². The zero-order chi connectivity index (χ0) is 22.2. The fourth-order valence-corrected chi connectivity index (χ4v) is 5.30. The zero-order valence-electron chi connectivity index (χ0n) is 18.1. The summed E-state index contributed by atoms with van der Waals surface area (Å²) in [6, 6.07) is 11.9. The highest BCUT2D eigenvalue weighted by molar-refractivity contribution is 5.85. The molecule has 0 aliphatic carbocycles. The van der Waals surface area contributed by atoms with Gasteiger partial charge in [0.2, 0.25) is 0 Å². The van der Waals surface area contributed by atoms with Crippen LogP contribution < -0.4 is 10.5 Å². The Balaban J connectivity index is 1.23. The van der Waals surface area contributed by atoms with E-state index in [1.165, 1.54) is 18.9 Å². The number of nitrogens with one attached hydrogen (secondary N) is 1. The monoisotopic (exact) mass is 431 g/mol. The molecular formula is C25H26FN5O. The first kappa shape index (κ1) is 20.7. The standard InChI is InChI=1S/C25H26FN5O/c1-16-4-8-22(26)24-21(16)11-18(29-25(24)32)3-2-10-31-19-6-7-20(31)15-30(14-19)23-9-5-17(12-27)13-28-23/h4-5,8-9,11,13,19-20H,2-3,6-7,10,14-15H2,1H3,(H,29,32). The summed E-state index contributed by atoms with van der Waals surface area (Å²) >= 11 is 0. The molecule has 32 heavy (non-hydrogen) atoms. The zero-order valence-corrected chi connectivity index (χ0v) is 18.1. The maximum Gasteiger partial charge on any atom is 0.259 e. The van der Waals surface area contributed by atoms with Gasteiger partial charge in [0.05, 0.1) is 10.9 Å². The molecule has 2 aromatic heterocycles. The molecule has 2 bridgehead atoms. The van der Waals surface area contributed by atoms with Crippen molar-refractivity contribution in [3.05, 3.63) is 69.5 Å². The molecule has 1 N–H and O–H groups in total. The van der Waals surface area contributed by atoms with Crippen molar-refractivity contribution < 1.29 is 4.39 Å². The first-order chi connectivity index (χ1) is 15.5. The van der Waals surface area contributed by atoms with Crippen molar-refractivity contribution >= 4 is 16.6 Å². The van der Waals surface area contributed by atoms with Crippen LogP contribution in [0.4, 0.5) is 10.2 Å². The quantitative estimate of drug-likeness (QED) is 0.669. The number of aryl methyl sites for hydroxylation is 2. The summed E-state index contributed by atoms with van der Waals surface area (Å²) in [6.45, 7) is 4.78. The molecule has 0 amide bonds. The van der Waals surface area contributed by atoms with Crippen molar-refractivity contribution in [1.29, 1.82) is 5.26 Å². The molecule has 1 aromatic carbocycles. The summed E-state index contributed by atoms with van der Waals surface area (Å²) in [4.78, 5) is 24.7. The molecule has 5 rings (SSSR count). The fourth-order valence-electron chi connectivity index (χ4n) is 5.30. The van der Waals surface area contributed by atoms with Crippen LogP contribution in [-0.2, 0) is 6.42 Å². The van der Waals surface area contributed by atoms with Crippen molar-refractivity contribution in [3.63, 3.8) is 0 Å². The summed E-state index contributed by atoms with van der Waals surface area (Å²) in [5, 5.41) is 9.83. The average Bonchev–Trinajstić information content (AvgIpc) is 3.03. The number of pyridine rings is 2. The number of anilines is 1. The molecule has 0 spiro atoms. The van der Waals surface area contributed by atoms with Gasteiger partial charge >= 0.3 is 0 Å². The van der Waals surface area contributed by atoms with E-state index in [1.54, 1.807) is 12.3 Å². The second kappa shape index (κ2) is 8.36. The van der Waals surface area contributed by atoms with Gasteiger partial charge in [-0.1, -0.05) is 6.07 Å². The van der Waals surface area contributed by atoms with Gasteiger partial charge in [0, 0.05) is 37.1 Å². The number of H-pyrrole nitrogens is 1. The maximum atomic E-state index is 14.1. The van der Waals surface area contributed by atoms with Crippen LogP contribution in [0.15, 0.2) is 41.3 Å². The van der Waals surface area contributed by atoms with Crippen LogP contribution in [0, 0.1) is 24.1 Å². The molecule has 4 heterocycles. The van der Waals surface area contributed by atoms with E-state index in [1.807, 2.05) is 25.1 Å². The number of halogens is 1. The number of nitriles is 1. The van der Waals surface area contributed by atoms with Gasteiger partial charge in [0.15, 0.2) is 0 Å². The van der Waals surface area contributed by atoms with Crippen molar-refractivity contribution in [3.8, 4) is 6.07 Å². The summed E-state index contributed by atoms with van der Waals surface area (Å²) in [7, 11) is 0. The second-order valence-corrected chi connectivity index (χ2v) is 8.92. The summed E-state index contributed by atoms with van der Waals surface area (Å²) < 4.78 is 14.1. The maximum absolute atomic E-state index is 14.1. The topological polar surface area (TPSA) is 76.0 Å². The van der Waals surface area contributed by atoms with Crippen LogP contribution in [-0.4, -0.2) is 46.6 Å². The number of piperazine rings is 1. The SMILES string of the molecule is Cc1ccc(F)c2c(=O)[nH]c(CCCN3C4CCC3CN(c3ccc(C#N)cn3)C4)cc12. The third kappa shape index (κ3) is 3.76. The Kier molecular flexibility index (Phi) is 5.40. The molecule has 2 aliphatic heterocycles. The molecule has 0 radical (unpaired) electrons. The van der Waals surface area contributed by atoms with E-state index in [0.29, 0.717) is 23.0 Å². The van der Waals surface area contributed by atoms with E-state index >= 15 is 0 Å². The largest absolute Gasteiger partial charge is 0.353 e. The number of rotatable bonds is 5. The van der Waals surface area contributed by atoms with Crippen LogP contribution in [0.3, 0.4) is 0 Å². The first-order valence-corrected chi connectivity index (χ1v) is 11.2. The van der Waals surface area contributed by atoms with Crippen LogP contribution in [0.1, 0.15) is 36.1 Å². The third-order valence-electron chi connectivity index (χ3n) is 6.93. The Morgan fingerprint density at radius 2 is 2.00 bits per heavy atom. The second-order valence-electron chi connectivity index (χ2n) is 8.92. The lowest BCUT2D eigenvalue weighted by atomic mass is 10.0. The minimum absolute atomic E-state index is 0.152. The van der Waals surface area contributed by atoms with Crippen LogP contribution in [0.25, 0.3) is 10.8 Å². The van der Waals surface area contributed by atoms with Gasteiger partial charge < -0.3 is 9.88 Å². The number of nitrogens with zero attached hydrogens (tertiary/aromatic N) is 4. The van der Waals surface area contributed by atoms with E-state index in [0.717, 1.165) is 49.6 Å². The molecule has 0 saturated carbocycles. The van der Waals surface area contributed by atoms with Crippen molar-refractivity contribution in [1.82, 2.24) is 14.9 Å². The van der Waals surface area contributed by atoms with Gasteiger partial charge in [-0.15, -0.1) is 0 Å². The van der Waals surface area contributed by atoms with Crippen molar-refractivity contribution in [2.24, 2.45) is 0 Å². The van der Waals surface area contributed by atoms with E-state index in [2.05, 4.69) is 25.8 Å². The smallest absolute Gasteiger partial charge is 0.259 e. The number of hydrogen-bond donors (Lipinski definition) is 1. The highest BCUT2D eigenvalue weighted by Crippen LogP contribution is 2.32. The Labute approximate surface area is 186 Å². The Morgan fingerprint density at radius 1 is 1.22 bits per heavy atom. The van der Waals surface area contributed by atoms with E-state index < -0.39 is 5.82 Å². The van der Waals surface area contributed by atoms with Gasteiger partial charge in [0.1, 0.15) is 17.7 Å². The van der Waals surface area contributed by atoms with Crippen molar-refractivity contribution in [2.45, 2.75) is 44.7 Å². The molecule has 2 saturated heterocycles. The predicted octanol–water partition coefficient (Wildman–Crippen LogP) is 3.53. The van der Waals surface area contributed by atoms with Gasteiger partial charge in [-0.2, -0.15) is 5.26 Å². The lowest BCUT2D eigenvalue weighted by Crippen LogP contribution is -2.54. The molecule has 6 nitrogen and oxygen atoms in total. The number of hydrogen-bond acceptors (Lipinski definition) is 5. The molecule has 2 fully saturated rings. The predicted molar refractivity (Wildman–Crippen MR) is 122 cm³/mol. The van der Waals surface area contributed by atoms with Crippen LogP contribution >= 0.6 is 0 Å². The molecular weight excluding hydrogens is 405 g/mol. The number of fused-ring (bicyclic) bond motifs is 3. The Bertz CT molecular complexity index is 1230.